The topological polar surface area (TPSA) is 104 Å². The van der Waals surface area contributed by atoms with E-state index in [-0.39, 0.29) is 18.0 Å². The Kier molecular flexibility index (Phi) is 4.34. The SMILES string of the molecule is CN1C(=O)N(C)C(=O)C2(Cc3cc([N+](=O)[O-])ccc3N3C[C@@H](c4ccccc4)C[C@H]32)C1=O. The Balaban J connectivity index is 1.69. The summed E-state index contributed by atoms with van der Waals surface area (Å²) in [6.45, 7) is 0.573. The number of anilines is 1. The number of hydrogen-bond donors (Lipinski definition) is 0. The lowest BCUT2D eigenvalue weighted by molar-refractivity contribution is -0.384. The zero-order valence-corrected chi connectivity index (χ0v) is 17.7. The van der Waals surface area contributed by atoms with Crippen LogP contribution in [0.4, 0.5) is 16.2 Å². The Morgan fingerprint density at radius 3 is 2.28 bits per heavy atom. The van der Waals surface area contributed by atoms with Crippen molar-refractivity contribution in [1.29, 1.82) is 0 Å². The van der Waals surface area contributed by atoms with Crippen LogP contribution >= 0.6 is 0 Å². The zero-order chi connectivity index (χ0) is 22.8. The van der Waals surface area contributed by atoms with Crippen molar-refractivity contribution in [2.24, 2.45) is 5.41 Å². The van der Waals surface area contributed by atoms with Gasteiger partial charge in [0.2, 0.25) is 11.8 Å². The van der Waals surface area contributed by atoms with Gasteiger partial charge in [-0.15, -0.1) is 0 Å². The summed E-state index contributed by atoms with van der Waals surface area (Å²) >= 11 is 0. The number of imide groups is 2. The van der Waals surface area contributed by atoms with Crippen molar-refractivity contribution in [1.82, 2.24) is 9.80 Å². The zero-order valence-electron chi connectivity index (χ0n) is 17.7. The number of nitro benzene ring substituents is 1. The minimum Gasteiger partial charge on any atom is -0.366 e. The highest BCUT2D eigenvalue weighted by Gasteiger charge is 2.64. The number of rotatable bonds is 2. The molecular formula is C23H22N4O5. The van der Waals surface area contributed by atoms with Crippen molar-refractivity contribution in [3.63, 3.8) is 0 Å². The minimum absolute atomic E-state index is 0.0202. The second-order valence-electron chi connectivity index (χ2n) is 8.74. The molecule has 2 saturated heterocycles. The fourth-order valence-electron chi connectivity index (χ4n) is 5.59. The molecule has 5 rings (SSSR count). The third-order valence-electron chi connectivity index (χ3n) is 7.14. The molecule has 0 radical (unpaired) electrons. The van der Waals surface area contributed by atoms with E-state index in [2.05, 4.69) is 0 Å². The molecule has 2 aromatic rings. The summed E-state index contributed by atoms with van der Waals surface area (Å²) in [7, 11) is 2.76. The Morgan fingerprint density at radius 1 is 1.00 bits per heavy atom. The highest BCUT2D eigenvalue weighted by molar-refractivity contribution is 6.20. The first-order valence-corrected chi connectivity index (χ1v) is 10.4. The number of hydrogen-bond acceptors (Lipinski definition) is 6. The van der Waals surface area contributed by atoms with E-state index in [4.69, 9.17) is 0 Å². The second kappa shape index (κ2) is 6.88. The lowest BCUT2D eigenvalue weighted by atomic mass is 9.67. The van der Waals surface area contributed by atoms with Gasteiger partial charge in [-0.25, -0.2) is 4.79 Å². The van der Waals surface area contributed by atoms with E-state index >= 15 is 0 Å². The average Bonchev–Trinajstić information content (AvgIpc) is 3.26. The van der Waals surface area contributed by atoms with Crippen LogP contribution in [-0.4, -0.2) is 59.3 Å². The summed E-state index contributed by atoms with van der Waals surface area (Å²) < 4.78 is 0. The Labute approximate surface area is 184 Å². The fourth-order valence-corrected chi connectivity index (χ4v) is 5.59. The maximum atomic E-state index is 13.6. The van der Waals surface area contributed by atoms with Gasteiger partial charge in [-0.3, -0.25) is 29.5 Å². The maximum Gasteiger partial charge on any atom is 0.332 e. The van der Waals surface area contributed by atoms with Gasteiger partial charge in [-0.05, 0) is 23.6 Å². The molecule has 3 heterocycles. The summed E-state index contributed by atoms with van der Waals surface area (Å²) in [5.41, 5.74) is 0.872. The number of barbiturate groups is 1. The molecule has 164 valence electrons. The van der Waals surface area contributed by atoms with E-state index in [1.54, 1.807) is 6.07 Å². The number of nitro groups is 1. The molecule has 0 aliphatic carbocycles. The van der Waals surface area contributed by atoms with E-state index < -0.39 is 34.2 Å². The molecular weight excluding hydrogens is 412 g/mol. The largest absolute Gasteiger partial charge is 0.366 e. The molecule has 0 bridgehead atoms. The molecule has 9 nitrogen and oxygen atoms in total. The van der Waals surface area contributed by atoms with Crippen molar-refractivity contribution >= 4 is 29.2 Å². The van der Waals surface area contributed by atoms with Crippen LogP contribution in [0.1, 0.15) is 23.5 Å². The van der Waals surface area contributed by atoms with Crippen molar-refractivity contribution in [3.05, 3.63) is 69.8 Å². The molecule has 9 heteroatoms. The van der Waals surface area contributed by atoms with Gasteiger partial charge in [-0.2, -0.15) is 0 Å². The first kappa shape index (κ1) is 20.2. The van der Waals surface area contributed by atoms with Crippen LogP contribution in [0.15, 0.2) is 48.5 Å². The van der Waals surface area contributed by atoms with Gasteiger partial charge >= 0.3 is 6.03 Å². The number of benzene rings is 2. The highest BCUT2D eigenvalue weighted by atomic mass is 16.6. The van der Waals surface area contributed by atoms with Crippen molar-refractivity contribution in [3.8, 4) is 0 Å². The molecule has 1 spiro atoms. The number of carbonyl (C=O) groups is 3. The van der Waals surface area contributed by atoms with E-state index in [1.807, 2.05) is 35.2 Å². The van der Waals surface area contributed by atoms with E-state index in [0.29, 0.717) is 18.5 Å². The highest BCUT2D eigenvalue weighted by Crippen LogP contribution is 2.52. The van der Waals surface area contributed by atoms with Crippen LogP contribution in [0.25, 0.3) is 0 Å². The molecule has 2 fully saturated rings. The third kappa shape index (κ3) is 2.60. The molecule has 0 unspecified atom stereocenters. The van der Waals surface area contributed by atoms with Gasteiger partial charge in [0.1, 0.15) is 0 Å². The number of fused-ring (bicyclic) bond motifs is 4. The van der Waals surface area contributed by atoms with Crippen LogP contribution in [-0.2, 0) is 16.0 Å². The van der Waals surface area contributed by atoms with Gasteiger partial charge < -0.3 is 4.90 Å². The summed E-state index contributed by atoms with van der Waals surface area (Å²) in [6.07, 6.45) is 0.583. The molecule has 3 aliphatic heterocycles. The molecule has 0 saturated carbocycles. The lowest BCUT2D eigenvalue weighted by Crippen LogP contribution is -2.70. The number of nitrogens with zero attached hydrogens (tertiary/aromatic N) is 4. The maximum absolute atomic E-state index is 13.6. The summed E-state index contributed by atoms with van der Waals surface area (Å²) in [5.74, 6) is -1.02. The summed E-state index contributed by atoms with van der Waals surface area (Å²) in [4.78, 5) is 54.5. The minimum atomic E-state index is -1.51. The van der Waals surface area contributed by atoms with Crippen LogP contribution in [0, 0.1) is 15.5 Å². The van der Waals surface area contributed by atoms with Gasteiger partial charge in [0, 0.05) is 50.8 Å². The molecule has 2 atom stereocenters. The van der Waals surface area contributed by atoms with Crippen LogP contribution in [0.3, 0.4) is 0 Å². The van der Waals surface area contributed by atoms with Crippen LogP contribution in [0.5, 0.6) is 0 Å². The third-order valence-corrected chi connectivity index (χ3v) is 7.14. The first-order chi connectivity index (χ1) is 15.3. The van der Waals surface area contributed by atoms with Crippen molar-refractivity contribution in [2.75, 3.05) is 25.5 Å². The van der Waals surface area contributed by atoms with Gasteiger partial charge in [0.25, 0.3) is 5.69 Å². The summed E-state index contributed by atoms with van der Waals surface area (Å²) in [5, 5.41) is 11.4. The predicted molar refractivity (Wildman–Crippen MR) is 115 cm³/mol. The van der Waals surface area contributed by atoms with E-state index in [1.165, 1.54) is 26.2 Å². The Hall–Kier alpha value is -3.75. The Bertz CT molecular complexity index is 1140. The molecule has 0 aromatic heterocycles. The van der Waals surface area contributed by atoms with Crippen molar-refractivity contribution < 1.29 is 19.3 Å². The molecule has 3 aliphatic rings. The standard InChI is InChI=1S/C23H22N4O5/c1-24-20(28)23(21(29)25(2)22(24)30)12-15-10-17(27(31)32)8-9-18(15)26-13-16(11-19(23)26)14-6-4-3-5-7-14/h3-10,16,19H,11-13H2,1-2H3/t16-,19-/m0/s1. The molecule has 2 aromatic carbocycles. The molecule has 4 amide bonds. The average molecular weight is 434 g/mol. The number of non-ortho nitro benzene ring substituents is 1. The lowest BCUT2D eigenvalue weighted by Gasteiger charge is -2.50. The van der Waals surface area contributed by atoms with Crippen LogP contribution < -0.4 is 4.90 Å². The van der Waals surface area contributed by atoms with Crippen molar-refractivity contribution in [2.45, 2.75) is 24.8 Å². The molecule has 0 N–H and O–H groups in total. The monoisotopic (exact) mass is 434 g/mol. The van der Waals surface area contributed by atoms with Gasteiger partial charge in [0.15, 0.2) is 5.41 Å². The second-order valence-corrected chi connectivity index (χ2v) is 8.74. The van der Waals surface area contributed by atoms with Crippen LogP contribution in [0.2, 0.25) is 0 Å². The van der Waals surface area contributed by atoms with Gasteiger partial charge in [0.05, 0.1) is 11.0 Å². The fraction of sp³-hybridized carbons (Fsp3) is 0.348. The number of carbonyl (C=O) groups excluding carboxylic acids is 3. The number of amides is 4. The summed E-state index contributed by atoms with van der Waals surface area (Å²) in [6, 6.07) is 13.4. The van der Waals surface area contributed by atoms with E-state index in [9.17, 15) is 24.5 Å². The normalized spacial score (nSPS) is 24.1. The molecule has 32 heavy (non-hydrogen) atoms. The predicted octanol–water partition coefficient (Wildman–Crippen LogP) is 2.55. The van der Waals surface area contributed by atoms with E-state index in [0.717, 1.165) is 21.1 Å². The number of urea groups is 1. The quantitative estimate of drug-likeness (QED) is 0.409. The smallest absolute Gasteiger partial charge is 0.332 e. The van der Waals surface area contributed by atoms with Gasteiger partial charge in [-0.1, -0.05) is 30.3 Å². The first-order valence-electron chi connectivity index (χ1n) is 10.4. The Morgan fingerprint density at radius 2 is 1.66 bits per heavy atom.